The molecule has 1 aromatic heterocycles. The zero-order valence-electron chi connectivity index (χ0n) is 14.0. The fraction of sp³-hybridized carbons (Fsp3) is 0.500. The first-order valence-corrected chi connectivity index (χ1v) is 8.35. The fourth-order valence-corrected chi connectivity index (χ4v) is 3.08. The van der Waals surface area contributed by atoms with Gasteiger partial charge in [0.1, 0.15) is 0 Å². The first-order valence-electron chi connectivity index (χ1n) is 8.35. The Morgan fingerprint density at radius 3 is 2.54 bits per heavy atom. The highest BCUT2D eigenvalue weighted by molar-refractivity contribution is 5.96. The Labute approximate surface area is 148 Å². The molecule has 0 amide bonds. The van der Waals surface area contributed by atoms with Gasteiger partial charge in [-0.15, -0.1) is 12.4 Å². The molecule has 1 aliphatic rings. The largest absolute Gasteiger partial charge is 0.339 e. The second-order valence-electron chi connectivity index (χ2n) is 6.35. The van der Waals surface area contributed by atoms with Crippen molar-refractivity contribution in [2.45, 2.75) is 57.4 Å². The number of ketones is 1. The summed E-state index contributed by atoms with van der Waals surface area (Å²) in [5.41, 5.74) is 7.83. The van der Waals surface area contributed by atoms with Crippen molar-refractivity contribution in [3.05, 3.63) is 47.1 Å². The van der Waals surface area contributed by atoms with Crippen LogP contribution in [-0.2, 0) is 18.4 Å². The Morgan fingerprint density at radius 1 is 1.25 bits per heavy atom. The number of carbonyl (C=O) groups excluding carboxylic acids is 1. The van der Waals surface area contributed by atoms with E-state index in [1.165, 1.54) is 5.56 Å². The van der Waals surface area contributed by atoms with Crippen molar-refractivity contribution < 1.29 is 9.32 Å². The molecule has 0 saturated heterocycles. The van der Waals surface area contributed by atoms with Crippen LogP contribution in [0.2, 0.25) is 0 Å². The van der Waals surface area contributed by atoms with Crippen LogP contribution in [0, 0.1) is 0 Å². The smallest absolute Gasteiger partial charge is 0.227 e. The Hall–Kier alpha value is -1.72. The topological polar surface area (TPSA) is 82.0 Å². The average molecular weight is 350 g/mol. The van der Waals surface area contributed by atoms with Crippen LogP contribution in [0.15, 0.2) is 28.8 Å². The maximum Gasteiger partial charge on any atom is 0.227 e. The second-order valence-corrected chi connectivity index (χ2v) is 6.35. The second kappa shape index (κ2) is 7.90. The molecule has 6 heteroatoms. The van der Waals surface area contributed by atoms with Gasteiger partial charge in [-0.25, -0.2) is 0 Å². The summed E-state index contributed by atoms with van der Waals surface area (Å²) in [7, 11) is 0. The molecule has 1 fully saturated rings. The van der Waals surface area contributed by atoms with Crippen LogP contribution in [0.5, 0.6) is 0 Å². The van der Waals surface area contributed by atoms with E-state index >= 15 is 0 Å². The minimum absolute atomic E-state index is 0. The van der Waals surface area contributed by atoms with Crippen molar-refractivity contribution >= 4 is 18.2 Å². The molecule has 0 atom stereocenters. The molecular formula is C18H24ClN3O2. The standard InChI is InChI=1S/C18H23N3O2.ClH/c1-2-13-5-7-14(8-6-13)15(22)9-10-16-20-17(21-23-16)18(19)11-3-4-12-18;/h5-8H,2-4,9-12,19H2,1H3;1H. The van der Waals surface area contributed by atoms with Gasteiger partial charge in [0.15, 0.2) is 11.6 Å². The van der Waals surface area contributed by atoms with E-state index < -0.39 is 5.54 Å². The molecule has 0 bridgehead atoms. The zero-order valence-corrected chi connectivity index (χ0v) is 14.8. The molecule has 24 heavy (non-hydrogen) atoms. The van der Waals surface area contributed by atoms with Gasteiger partial charge in [-0.2, -0.15) is 4.98 Å². The predicted octanol–water partition coefficient (Wildman–Crippen LogP) is 3.60. The maximum absolute atomic E-state index is 12.2. The van der Waals surface area contributed by atoms with Gasteiger partial charge < -0.3 is 10.3 Å². The van der Waals surface area contributed by atoms with Gasteiger partial charge in [0.25, 0.3) is 0 Å². The monoisotopic (exact) mass is 349 g/mol. The number of hydrogen-bond donors (Lipinski definition) is 1. The van der Waals surface area contributed by atoms with E-state index in [2.05, 4.69) is 17.1 Å². The third-order valence-electron chi connectivity index (χ3n) is 4.66. The van der Waals surface area contributed by atoms with Crippen molar-refractivity contribution in [2.75, 3.05) is 0 Å². The number of aryl methyl sites for hydroxylation is 2. The van der Waals surface area contributed by atoms with Crippen molar-refractivity contribution in [3.63, 3.8) is 0 Å². The summed E-state index contributed by atoms with van der Waals surface area (Å²) >= 11 is 0. The van der Waals surface area contributed by atoms with E-state index in [4.69, 9.17) is 10.3 Å². The van der Waals surface area contributed by atoms with E-state index in [1.807, 2.05) is 24.3 Å². The Bertz CT molecular complexity index is 676. The average Bonchev–Trinajstić information content (AvgIpc) is 3.22. The Kier molecular flexibility index (Phi) is 6.13. The number of nitrogens with two attached hydrogens (primary N) is 1. The van der Waals surface area contributed by atoms with Gasteiger partial charge >= 0.3 is 0 Å². The zero-order chi connectivity index (χ0) is 16.3. The molecule has 0 radical (unpaired) electrons. The lowest BCUT2D eigenvalue weighted by Crippen LogP contribution is -2.34. The van der Waals surface area contributed by atoms with Gasteiger partial charge in [0.05, 0.1) is 5.54 Å². The quantitative estimate of drug-likeness (QED) is 0.806. The van der Waals surface area contributed by atoms with Gasteiger partial charge in [0.2, 0.25) is 5.89 Å². The van der Waals surface area contributed by atoms with E-state index in [0.29, 0.717) is 24.6 Å². The molecule has 130 valence electrons. The lowest BCUT2D eigenvalue weighted by molar-refractivity contribution is 0.0979. The first kappa shape index (κ1) is 18.6. The first-order chi connectivity index (χ1) is 11.1. The number of benzene rings is 1. The molecule has 1 heterocycles. The molecule has 0 aliphatic heterocycles. The van der Waals surface area contributed by atoms with E-state index in [0.717, 1.165) is 37.7 Å². The molecular weight excluding hydrogens is 326 g/mol. The Balaban J connectivity index is 0.00000208. The number of Topliss-reactive ketones (excluding diaryl/α,β-unsaturated/α-hetero) is 1. The highest BCUT2D eigenvalue weighted by atomic mass is 35.5. The summed E-state index contributed by atoms with van der Waals surface area (Å²) in [6.45, 7) is 2.10. The van der Waals surface area contributed by atoms with Crippen LogP contribution in [0.1, 0.15) is 66.7 Å². The number of aromatic nitrogens is 2. The summed E-state index contributed by atoms with van der Waals surface area (Å²) in [4.78, 5) is 16.6. The third kappa shape index (κ3) is 4.02. The number of hydrogen-bond acceptors (Lipinski definition) is 5. The number of carbonyl (C=O) groups is 1. The number of halogens is 1. The molecule has 2 aromatic rings. The van der Waals surface area contributed by atoms with Crippen molar-refractivity contribution in [1.29, 1.82) is 0 Å². The summed E-state index contributed by atoms with van der Waals surface area (Å²) in [5, 5.41) is 4.02. The molecule has 5 nitrogen and oxygen atoms in total. The summed E-state index contributed by atoms with van der Waals surface area (Å²) < 4.78 is 5.27. The maximum atomic E-state index is 12.2. The van der Waals surface area contributed by atoms with Gasteiger partial charge in [-0.05, 0) is 24.8 Å². The molecule has 2 N–H and O–H groups in total. The van der Waals surface area contributed by atoms with Crippen LogP contribution >= 0.6 is 12.4 Å². The van der Waals surface area contributed by atoms with E-state index in [-0.39, 0.29) is 18.2 Å². The lowest BCUT2D eigenvalue weighted by atomic mass is 9.98. The molecule has 0 spiro atoms. The Morgan fingerprint density at radius 2 is 1.92 bits per heavy atom. The van der Waals surface area contributed by atoms with Gasteiger partial charge in [-0.3, -0.25) is 4.79 Å². The van der Waals surface area contributed by atoms with E-state index in [9.17, 15) is 4.79 Å². The van der Waals surface area contributed by atoms with Crippen LogP contribution in [-0.4, -0.2) is 15.9 Å². The van der Waals surface area contributed by atoms with Crippen LogP contribution in [0.25, 0.3) is 0 Å². The van der Waals surface area contributed by atoms with Crippen LogP contribution < -0.4 is 5.73 Å². The minimum atomic E-state index is -0.443. The minimum Gasteiger partial charge on any atom is -0.339 e. The lowest BCUT2D eigenvalue weighted by Gasteiger charge is -2.17. The van der Waals surface area contributed by atoms with Crippen molar-refractivity contribution in [1.82, 2.24) is 10.1 Å². The van der Waals surface area contributed by atoms with Crippen molar-refractivity contribution in [3.8, 4) is 0 Å². The molecule has 1 aromatic carbocycles. The molecule has 1 saturated carbocycles. The molecule has 0 unspecified atom stereocenters. The SMILES string of the molecule is CCc1ccc(C(=O)CCc2nc(C3(N)CCCC3)no2)cc1.Cl. The normalized spacial score (nSPS) is 15.9. The molecule has 3 rings (SSSR count). The van der Waals surface area contributed by atoms with Gasteiger partial charge in [0, 0.05) is 18.4 Å². The predicted molar refractivity (Wildman–Crippen MR) is 94.4 cm³/mol. The number of nitrogens with zero attached hydrogens (tertiary/aromatic N) is 2. The third-order valence-corrected chi connectivity index (χ3v) is 4.66. The summed E-state index contributed by atoms with van der Waals surface area (Å²) in [6.07, 6.45) is 5.80. The fourth-order valence-electron chi connectivity index (χ4n) is 3.08. The van der Waals surface area contributed by atoms with Crippen molar-refractivity contribution in [2.24, 2.45) is 5.73 Å². The summed E-state index contributed by atoms with van der Waals surface area (Å²) in [6, 6.07) is 7.76. The van der Waals surface area contributed by atoms with Gasteiger partial charge in [-0.1, -0.05) is 49.2 Å². The number of rotatable bonds is 6. The highest BCUT2D eigenvalue weighted by Gasteiger charge is 2.35. The highest BCUT2D eigenvalue weighted by Crippen LogP contribution is 2.34. The molecule has 1 aliphatic carbocycles. The summed E-state index contributed by atoms with van der Waals surface area (Å²) in [5.74, 6) is 1.18. The van der Waals surface area contributed by atoms with Crippen LogP contribution in [0.4, 0.5) is 0 Å². The van der Waals surface area contributed by atoms with Crippen LogP contribution in [0.3, 0.4) is 0 Å². The van der Waals surface area contributed by atoms with E-state index in [1.54, 1.807) is 0 Å².